The van der Waals surface area contributed by atoms with Gasteiger partial charge in [-0.3, -0.25) is 0 Å². The minimum Gasteiger partial charge on any atom is -0.324 e. The molecular weight excluding hydrogens is 369 g/mol. The maximum Gasteiger partial charge on any atom is 0.137 e. The van der Waals surface area contributed by atoms with Crippen molar-refractivity contribution in [1.29, 1.82) is 0 Å². The van der Waals surface area contributed by atoms with E-state index >= 15 is 0 Å². The van der Waals surface area contributed by atoms with Crippen LogP contribution in [-0.4, -0.2) is 0 Å². The van der Waals surface area contributed by atoms with Crippen LogP contribution >= 0.6 is 43.2 Å². The third kappa shape index (κ3) is 3.16. The number of nitrogens with two attached hydrogens (primary N) is 1. The first kappa shape index (κ1) is 13.2. The van der Waals surface area contributed by atoms with Gasteiger partial charge < -0.3 is 5.73 Å². The third-order valence-corrected chi connectivity index (χ3v) is 5.02. The van der Waals surface area contributed by atoms with Crippen molar-refractivity contribution in [1.82, 2.24) is 0 Å². The smallest absolute Gasteiger partial charge is 0.137 e. The fourth-order valence-electron chi connectivity index (χ4n) is 1.53. The maximum absolute atomic E-state index is 13.1. The minimum atomic E-state index is -0.266. The predicted octanol–water partition coefficient (Wildman–Crippen LogP) is 4.65. The Bertz CT molecular complexity index is 527. The molecule has 1 aromatic heterocycles. The van der Waals surface area contributed by atoms with Crippen molar-refractivity contribution in [3.05, 3.63) is 54.8 Å². The number of benzene rings is 1. The molecule has 17 heavy (non-hydrogen) atoms. The summed E-state index contributed by atoms with van der Waals surface area (Å²) in [6.07, 6.45) is 0.746. The second-order valence-corrected chi connectivity index (χ2v) is 6.39. The highest BCUT2D eigenvalue weighted by Crippen LogP contribution is 2.28. The average Bonchev–Trinajstić information content (AvgIpc) is 2.68. The van der Waals surface area contributed by atoms with E-state index < -0.39 is 0 Å². The molecule has 1 heterocycles. The average molecular weight is 379 g/mol. The van der Waals surface area contributed by atoms with E-state index in [9.17, 15) is 4.39 Å². The summed E-state index contributed by atoms with van der Waals surface area (Å²) in [6.45, 7) is 0. The predicted molar refractivity (Wildman–Crippen MR) is 76.8 cm³/mol. The number of rotatable bonds is 3. The summed E-state index contributed by atoms with van der Waals surface area (Å²) in [5.41, 5.74) is 7.05. The summed E-state index contributed by atoms with van der Waals surface area (Å²) in [4.78, 5) is 1.21. The van der Waals surface area contributed by atoms with E-state index in [1.807, 2.05) is 11.4 Å². The van der Waals surface area contributed by atoms with Gasteiger partial charge in [-0.1, -0.05) is 6.07 Å². The Morgan fingerprint density at radius 3 is 2.59 bits per heavy atom. The molecule has 0 fully saturated rings. The fraction of sp³-hybridized carbons (Fsp3) is 0.167. The Kier molecular flexibility index (Phi) is 4.36. The molecule has 0 radical (unpaired) electrons. The van der Waals surface area contributed by atoms with Crippen molar-refractivity contribution >= 4 is 43.2 Å². The molecule has 2 aromatic rings. The van der Waals surface area contributed by atoms with Crippen LogP contribution < -0.4 is 5.73 Å². The van der Waals surface area contributed by atoms with Gasteiger partial charge in [-0.05, 0) is 61.0 Å². The van der Waals surface area contributed by atoms with Gasteiger partial charge in [0, 0.05) is 21.8 Å². The molecule has 0 aliphatic rings. The molecule has 1 unspecified atom stereocenters. The van der Waals surface area contributed by atoms with Crippen molar-refractivity contribution in [3.63, 3.8) is 0 Å². The van der Waals surface area contributed by atoms with E-state index in [-0.39, 0.29) is 11.9 Å². The SMILES string of the molecule is NC(Cc1sccc1Br)c1ccc(F)c(Br)c1. The van der Waals surface area contributed by atoms with Crippen molar-refractivity contribution < 1.29 is 4.39 Å². The Labute approximate surface area is 120 Å². The van der Waals surface area contributed by atoms with Gasteiger partial charge >= 0.3 is 0 Å². The van der Waals surface area contributed by atoms with Crippen LogP contribution in [0.3, 0.4) is 0 Å². The van der Waals surface area contributed by atoms with E-state index in [1.54, 1.807) is 23.5 Å². The van der Waals surface area contributed by atoms with Crippen LogP contribution in [0.25, 0.3) is 0 Å². The first-order valence-electron chi connectivity index (χ1n) is 5.00. The summed E-state index contributed by atoms with van der Waals surface area (Å²) in [7, 11) is 0. The molecule has 1 aromatic carbocycles. The molecule has 0 spiro atoms. The number of hydrogen-bond acceptors (Lipinski definition) is 2. The van der Waals surface area contributed by atoms with Gasteiger partial charge in [0.25, 0.3) is 0 Å². The van der Waals surface area contributed by atoms with Gasteiger partial charge in [-0.25, -0.2) is 4.39 Å². The van der Waals surface area contributed by atoms with Gasteiger partial charge in [0.1, 0.15) is 5.82 Å². The minimum absolute atomic E-state index is 0.123. The quantitative estimate of drug-likeness (QED) is 0.826. The molecule has 2 rings (SSSR count). The lowest BCUT2D eigenvalue weighted by atomic mass is 10.0. The molecule has 1 atom stereocenters. The van der Waals surface area contributed by atoms with E-state index in [1.165, 1.54) is 10.9 Å². The molecule has 0 saturated carbocycles. The Morgan fingerprint density at radius 2 is 2.00 bits per heavy atom. The van der Waals surface area contributed by atoms with Crippen LogP contribution in [-0.2, 0) is 6.42 Å². The zero-order valence-corrected chi connectivity index (χ0v) is 12.8. The van der Waals surface area contributed by atoms with Gasteiger partial charge in [-0.15, -0.1) is 11.3 Å². The number of hydrogen-bond donors (Lipinski definition) is 1. The molecule has 5 heteroatoms. The molecule has 0 bridgehead atoms. The molecule has 0 aliphatic heterocycles. The van der Waals surface area contributed by atoms with Crippen LogP contribution in [0.15, 0.2) is 38.6 Å². The highest BCUT2D eigenvalue weighted by atomic mass is 79.9. The maximum atomic E-state index is 13.1. The van der Waals surface area contributed by atoms with Crippen molar-refractivity contribution in [2.75, 3.05) is 0 Å². The molecule has 0 saturated heterocycles. The van der Waals surface area contributed by atoms with Gasteiger partial charge in [0.05, 0.1) is 4.47 Å². The van der Waals surface area contributed by atoms with Crippen molar-refractivity contribution in [2.45, 2.75) is 12.5 Å². The highest BCUT2D eigenvalue weighted by molar-refractivity contribution is 9.10. The number of thiophene rings is 1. The monoisotopic (exact) mass is 377 g/mol. The highest BCUT2D eigenvalue weighted by Gasteiger charge is 2.12. The fourth-order valence-corrected chi connectivity index (χ4v) is 3.50. The lowest BCUT2D eigenvalue weighted by Crippen LogP contribution is -2.13. The normalized spacial score (nSPS) is 12.7. The van der Waals surface area contributed by atoms with Crippen LogP contribution in [0.5, 0.6) is 0 Å². The van der Waals surface area contributed by atoms with Gasteiger partial charge in [0.15, 0.2) is 0 Å². The van der Waals surface area contributed by atoms with Crippen molar-refractivity contribution in [3.8, 4) is 0 Å². The topological polar surface area (TPSA) is 26.0 Å². The zero-order chi connectivity index (χ0) is 12.4. The molecule has 0 aliphatic carbocycles. The third-order valence-electron chi connectivity index (χ3n) is 2.47. The molecule has 2 N–H and O–H groups in total. The Morgan fingerprint density at radius 1 is 1.24 bits per heavy atom. The second kappa shape index (κ2) is 5.61. The van der Waals surface area contributed by atoms with Crippen molar-refractivity contribution in [2.24, 2.45) is 5.73 Å². The van der Waals surface area contributed by atoms with Crippen LogP contribution in [0.1, 0.15) is 16.5 Å². The largest absolute Gasteiger partial charge is 0.324 e. The summed E-state index contributed by atoms with van der Waals surface area (Å²) in [6, 6.07) is 6.78. The Balaban J connectivity index is 2.17. The molecule has 1 nitrogen and oxygen atoms in total. The zero-order valence-electron chi connectivity index (χ0n) is 8.79. The van der Waals surface area contributed by atoms with Crippen LogP contribution in [0.4, 0.5) is 4.39 Å². The first-order chi connectivity index (χ1) is 8.08. The molecule has 90 valence electrons. The Hall–Kier alpha value is -0.230. The lowest BCUT2D eigenvalue weighted by Gasteiger charge is -2.12. The van der Waals surface area contributed by atoms with Gasteiger partial charge in [0.2, 0.25) is 0 Å². The summed E-state index contributed by atoms with van der Waals surface area (Å²) in [5, 5.41) is 2.02. The molecular formula is C12H10Br2FNS. The summed E-state index contributed by atoms with van der Waals surface area (Å²) >= 11 is 8.32. The summed E-state index contributed by atoms with van der Waals surface area (Å²) < 4.78 is 14.6. The molecule has 0 amide bonds. The number of halogens is 3. The lowest BCUT2D eigenvalue weighted by molar-refractivity contribution is 0.617. The van der Waals surface area contributed by atoms with E-state index in [2.05, 4.69) is 31.9 Å². The standard InChI is InChI=1S/C12H10Br2FNS/c13-8-3-4-17-12(8)6-11(16)7-1-2-10(15)9(14)5-7/h1-5,11H,6,16H2. The van der Waals surface area contributed by atoms with Crippen LogP contribution in [0.2, 0.25) is 0 Å². The second-order valence-electron chi connectivity index (χ2n) is 3.68. The van der Waals surface area contributed by atoms with Crippen LogP contribution in [0, 0.1) is 5.82 Å². The van der Waals surface area contributed by atoms with E-state index in [0.29, 0.717) is 4.47 Å². The van der Waals surface area contributed by atoms with Gasteiger partial charge in [-0.2, -0.15) is 0 Å². The van der Waals surface area contributed by atoms with E-state index in [4.69, 9.17) is 5.73 Å². The summed E-state index contributed by atoms with van der Waals surface area (Å²) in [5.74, 6) is -0.266. The van der Waals surface area contributed by atoms with E-state index in [0.717, 1.165) is 16.5 Å². The first-order valence-corrected chi connectivity index (χ1v) is 7.47.